The van der Waals surface area contributed by atoms with Gasteiger partial charge in [0.15, 0.2) is 0 Å². The zero-order valence-electron chi connectivity index (χ0n) is 13.9. The van der Waals surface area contributed by atoms with Gasteiger partial charge in [-0.3, -0.25) is 4.79 Å². The summed E-state index contributed by atoms with van der Waals surface area (Å²) in [6.07, 6.45) is -11.4. The fourth-order valence-corrected chi connectivity index (χ4v) is 2.16. The minimum absolute atomic E-state index is 0.0751. The van der Waals surface area contributed by atoms with E-state index in [-0.39, 0.29) is 24.7 Å². The molecule has 0 aromatic heterocycles. The molecule has 1 rings (SSSR count). The number of amides is 1. The van der Waals surface area contributed by atoms with Gasteiger partial charge in [0.2, 0.25) is 5.91 Å². The molecule has 0 aliphatic heterocycles. The summed E-state index contributed by atoms with van der Waals surface area (Å²) in [5, 5.41) is 11.0. The topological polar surface area (TPSA) is 83.5 Å². The molecule has 0 aliphatic carbocycles. The number of rotatable bonds is 7. The van der Waals surface area contributed by atoms with Crippen LogP contribution in [-0.2, 0) is 33.2 Å². The number of hydrogen-bond donors (Lipinski definition) is 2. The van der Waals surface area contributed by atoms with Crippen molar-refractivity contribution in [3.63, 3.8) is 0 Å². The molecule has 5 nitrogen and oxygen atoms in total. The van der Waals surface area contributed by atoms with Crippen LogP contribution in [0.3, 0.4) is 0 Å². The molecule has 2 N–H and O–H groups in total. The predicted octanol–water partition coefficient (Wildman–Crippen LogP) is 3.21. The largest absolute Gasteiger partial charge is 0.480 e. The van der Waals surface area contributed by atoms with Crippen molar-refractivity contribution in [3.05, 3.63) is 34.9 Å². The number of hydrogen-bond acceptors (Lipinski definition) is 3. The van der Waals surface area contributed by atoms with Gasteiger partial charge >= 0.3 is 18.3 Å². The highest BCUT2D eigenvalue weighted by Crippen LogP contribution is 2.36. The Morgan fingerprint density at radius 2 is 1.48 bits per heavy atom. The first-order valence-corrected chi connectivity index (χ1v) is 7.50. The van der Waals surface area contributed by atoms with E-state index in [9.17, 15) is 40.7 Å². The number of benzene rings is 1. The number of nitrogens with one attached hydrogen (secondary N) is 1. The Hall–Kier alpha value is -2.59. The lowest BCUT2D eigenvalue weighted by atomic mass is 10.0. The van der Waals surface area contributed by atoms with Crippen LogP contribution < -0.4 is 5.32 Å². The normalized spacial score (nSPS) is 13.1. The lowest BCUT2D eigenvalue weighted by Crippen LogP contribution is -2.41. The second-order valence-corrected chi connectivity index (χ2v) is 5.79. The van der Waals surface area contributed by atoms with E-state index in [1.165, 1.54) is 6.92 Å². The molecule has 0 heterocycles. The fraction of sp³-hybridized carbons (Fsp3) is 0.438. The third-order valence-corrected chi connectivity index (χ3v) is 3.43. The van der Waals surface area contributed by atoms with E-state index < -0.39 is 53.4 Å². The van der Waals surface area contributed by atoms with E-state index >= 15 is 0 Å². The summed E-state index contributed by atoms with van der Waals surface area (Å²) in [5.41, 5.74) is -3.73. The molecule has 1 aromatic carbocycles. The van der Waals surface area contributed by atoms with E-state index in [1.807, 2.05) is 5.32 Å². The van der Waals surface area contributed by atoms with Gasteiger partial charge in [-0.25, -0.2) is 4.79 Å². The molecule has 0 radical (unpaired) electrons. The van der Waals surface area contributed by atoms with Gasteiger partial charge in [0, 0.05) is 6.42 Å². The monoisotopic (exact) mass is 399 g/mol. The molecule has 0 bridgehead atoms. The Labute approximate surface area is 149 Å². The lowest BCUT2D eigenvalue weighted by molar-refractivity contribution is -0.143. The number of carboxylic acid groups (broad SMARTS) is 1. The summed E-state index contributed by atoms with van der Waals surface area (Å²) in [6.45, 7) is 1.20. The molecule has 0 aliphatic rings. The van der Waals surface area contributed by atoms with Crippen LogP contribution in [0.15, 0.2) is 18.2 Å². The smallest absolute Gasteiger partial charge is 0.416 e. The average molecular weight is 399 g/mol. The minimum Gasteiger partial charge on any atom is -0.480 e. The zero-order valence-corrected chi connectivity index (χ0v) is 13.9. The average Bonchev–Trinajstić information content (AvgIpc) is 2.48. The van der Waals surface area contributed by atoms with E-state index in [0.717, 1.165) is 0 Å². The number of ketones is 1. The molecule has 11 heteroatoms. The highest BCUT2D eigenvalue weighted by atomic mass is 19.4. The number of Topliss-reactive ketones (excluding diaryl/α,β-unsaturated/α-hetero) is 1. The maximum atomic E-state index is 12.8. The first-order valence-electron chi connectivity index (χ1n) is 7.50. The predicted molar refractivity (Wildman–Crippen MR) is 79.6 cm³/mol. The van der Waals surface area contributed by atoms with Gasteiger partial charge in [0.25, 0.3) is 0 Å². The van der Waals surface area contributed by atoms with E-state index in [1.54, 1.807) is 0 Å². The Morgan fingerprint density at radius 3 is 1.85 bits per heavy atom. The van der Waals surface area contributed by atoms with Crippen LogP contribution in [0.1, 0.15) is 36.5 Å². The summed E-state index contributed by atoms with van der Waals surface area (Å²) >= 11 is 0. The van der Waals surface area contributed by atoms with Crippen molar-refractivity contribution in [1.82, 2.24) is 5.32 Å². The first kappa shape index (κ1) is 22.5. The van der Waals surface area contributed by atoms with Crippen LogP contribution in [0.4, 0.5) is 26.3 Å². The third kappa shape index (κ3) is 7.27. The molecule has 0 spiro atoms. The summed E-state index contributed by atoms with van der Waals surface area (Å²) in [6, 6.07) is -0.788. The molecule has 1 amide bonds. The molecular formula is C16H15F6NO4. The number of aliphatic carboxylic acids is 1. The second-order valence-electron chi connectivity index (χ2n) is 5.79. The van der Waals surface area contributed by atoms with Crippen LogP contribution in [0.5, 0.6) is 0 Å². The summed E-state index contributed by atoms with van der Waals surface area (Å²) in [5.74, 6) is -2.91. The quantitative estimate of drug-likeness (QED) is 0.690. The molecule has 0 unspecified atom stereocenters. The second kappa shape index (κ2) is 8.40. The number of carbonyl (C=O) groups is 3. The molecule has 0 saturated heterocycles. The van der Waals surface area contributed by atoms with Gasteiger partial charge in [-0.1, -0.05) is 0 Å². The number of alkyl halides is 6. The lowest BCUT2D eigenvalue weighted by Gasteiger charge is -2.16. The SMILES string of the molecule is CC(=O)CC[C@@H](NC(=O)Cc1cc(C(F)(F)F)cc(C(F)(F)F)c1)C(=O)O. The Morgan fingerprint density at radius 1 is 1.00 bits per heavy atom. The summed E-state index contributed by atoms with van der Waals surface area (Å²) in [7, 11) is 0. The minimum atomic E-state index is -5.06. The van der Waals surface area contributed by atoms with Gasteiger partial charge < -0.3 is 15.2 Å². The van der Waals surface area contributed by atoms with Crippen LogP contribution in [0, 0.1) is 0 Å². The van der Waals surface area contributed by atoms with Crippen molar-refractivity contribution in [3.8, 4) is 0 Å². The van der Waals surface area contributed by atoms with Crippen molar-refractivity contribution in [2.45, 2.75) is 44.6 Å². The Kier molecular flexibility index (Phi) is 6.99. The van der Waals surface area contributed by atoms with Gasteiger partial charge in [-0.2, -0.15) is 26.3 Å². The van der Waals surface area contributed by atoms with Gasteiger partial charge in [-0.05, 0) is 37.1 Å². The number of halogens is 6. The van der Waals surface area contributed by atoms with Crippen molar-refractivity contribution >= 4 is 17.7 Å². The van der Waals surface area contributed by atoms with Gasteiger partial charge in [0.05, 0.1) is 17.5 Å². The van der Waals surface area contributed by atoms with Gasteiger partial charge in [0.1, 0.15) is 11.8 Å². The molecule has 27 heavy (non-hydrogen) atoms. The maximum absolute atomic E-state index is 12.8. The molecule has 1 atom stereocenters. The van der Waals surface area contributed by atoms with E-state index in [4.69, 9.17) is 5.11 Å². The van der Waals surface area contributed by atoms with Crippen molar-refractivity contribution in [1.29, 1.82) is 0 Å². The summed E-state index contributed by atoms with van der Waals surface area (Å²) < 4.78 is 76.7. The number of carboxylic acids is 1. The fourth-order valence-electron chi connectivity index (χ4n) is 2.16. The van der Waals surface area contributed by atoms with Crippen molar-refractivity contribution in [2.24, 2.45) is 0 Å². The maximum Gasteiger partial charge on any atom is 0.416 e. The molecular weight excluding hydrogens is 384 g/mol. The highest BCUT2D eigenvalue weighted by Gasteiger charge is 2.37. The van der Waals surface area contributed by atoms with Crippen molar-refractivity contribution < 1.29 is 45.8 Å². The first-order chi connectivity index (χ1) is 12.2. The van der Waals surface area contributed by atoms with Crippen LogP contribution in [0.25, 0.3) is 0 Å². The summed E-state index contributed by atoms with van der Waals surface area (Å²) in [4.78, 5) is 33.8. The van der Waals surface area contributed by atoms with Crippen LogP contribution in [0.2, 0.25) is 0 Å². The zero-order chi connectivity index (χ0) is 21.0. The molecule has 150 valence electrons. The van der Waals surface area contributed by atoms with E-state index in [0.29, 0.717) is 12.1 Å². The molecule has 0 fully saturated rings. The van der Waals surface area contributed by atoms with Crippen LogP contribution in [-0.4, -0.2) is 28.8 Å². The Bertz CT molecular complexity index is 694. The highest BCUT2D eigenvalue weighted by molar-refractivity contribution is 5.85. The third-order valence-electron chi connectivity index (χ3n) is 3.43. The molecule has 0 saturated carbocycles. The standard InChI is InChI=1S/C16H15F6NO4/c1-8(24)2-3-12(14(26)27)23-13(25)6-9-4-10(15(17,18)19)7-11(5-9)16(20,21)22/h4-5,7,12H,2-3,6H2,1H3,(H,23,25)(H,26,27)/t12-/m1/s1. The molecule has 1 aromatic rings. The van der Waals surface area contributed by atoms with Crippen LogP contribution >= 0.6 is 0 Å². The number of carbonyl (C=O) groups excluding carboxylic acids is 2. The Balaban J connectivity index is 3.03. The van der Waals surface area contributed by atoms with E-state index in [2.05, 4.69) is 0 Å². The van der Waals surface area contributed by atoms with Gasteiger partial charge in [-0.15, -0.1) is 0 Å². The van der Waals surface area contributed by atoms with Crippen molar-refractivity contribution in [2.75, 3.05) is 0 Å².